The van der Waals surface area contributed by atoms with Crippen LogP contribution in [0.2, 0.25) is 0 Å². The molecule has 0 aliphatic carbocycles. The monoisotopic (exact) mass is 235 g/mol. The smallest absolute Gasteiger partial charge is 0.359 e. The van der Waals surface area contributed by atoms with Crippen LogP contribution in [0.3, 0.4) is 0 Å². The number of amides is 1. The second kappa shape index (κ2) is 3.78. The summed E-state index contributed by atoms with van der Waals surface area (Å²) in [5, 5.41) is 8.03. The van der Waals surface area contributed by atoms with Gasteiger partial charge in [-0.25, -0.2) is 0 Å². The van der Waals surface area contributed by atoms with Gasteiger partial charge in [-0.3, -0.25) is 10.1 Å². The number of aromatic nitrogens is 1. The van der Waals surface area contributed by atoms with Crippen molar-refractivity contribution >= 4 is 11.7 Å². The number of hydrogen-bond acceptors (Lipinski definition) is 4. The first-order valence-electron chi connectivity index (χ1n) is 4.55. The van der Waals surface area contributed by atoms with Gasteiger partial charge in [0.25, 0.3) is 0 Å². The molecular formula is C8H8F3N3O2. The molecule has 0 saturated heterocycles. The number of alkyl halides is 3. The molecule has 0 fully saturated rings. The van der Waals surface area contributed by atoms with E-state index >= 15 is 0 Å². The number of nitrogens with one attached hydrogen (secondary N) is 2. The van der Waals surface area contributed by atoms with Crippen molar-refractivity contribution in [1.82, 2.24) is 10.5 Å². The van der Waals surface area contributed by atoms with E-state index in [0.717, 1.165) is 0 Å². The molecule has 1 aromatic rings. The lowest BCUT2D eigenvalue weighted by Crippen LogP contribution is -2.31. The van der Waals surface area contributed by atoms with Crippen molar-refractivity contribution in [2.24, 2.45) is 0 Å². The van der Waals surface area contributed by atoms with Crippen LogP contribution in [0.1, 0.15) is 11.3 Å². The van der Waals surface area contributed by atoms with Crippen molar-refractivity contribution in [2.45, 2.75) is 19.1 Å². The standard InChI is InChI=1S/C8H8F3N3O2/c9-8(10,11)7(15)13-6-4-3-12-2-1-5(4)16-14-6/h12H,1-3H2,(H,13,14,15). The van der Waals surface area contributed by atoms with Gasteiger partial charge in [-0.15, -0.1) is 0 Å². The number of fused-ring (bicyclic) bond motifs is 1. The summed E-state index contributed by atoms with van der Waals surface area (Å²) < 4.78 is 40.8. The molecule has 0 unspecified atom stereocenters. The van der Waals surface area contributed by atoms with Gasteiger partial charge in [0, 0.05) is 19.5 Å². The van der Waals surface area contributed by atoms with Crippen molar-refractivity contribution in [2.75, 3.05) is 11.9 Å². The number of anilines is 1. The number of halogens is 3. The van der Waals surface area contributed by atoms with Crippen LogP contribution in [0.5, 0.6) is 0 Å². The van der Waals surface area contributed by atoms with Crippen molar-refractivity contribution < 1.29 is 22.5 Å². The van der Waals surface area contributed by atoms with E-state index < -0.39 is 12.1 Å². The van der Waals surface area contributed by atoms with E-state index in [1.807, 2.05) is 0 Å². The molecule has 0 spiro atoms. The van der Waals surface area contributed by atoms with Crippen LogP contribution in [-0.4, -0.2) is 23.8 Å². The summed E-state index contributed by atoms with van der Waals surface area (Å²) in [5.74, 6) is -1.70. The number of nitrogens with zero attached hydrogens (tertiary/aromatic N) is 1. The van der Waals surface area contributed by atoms with E-state index in [9.17, 15) is 18.0 Å². The zero-order valence-electron chi connectivity index (χ0n) is 8.02. The Morgan fingerprint density at radius 2 is 2.25 bits per heavy atom. The fourth-order valence-corrected chi connectivity index (χ4v) is 1.41. The Labute approximate surface area is 88.0 Å². The van der Waals surface area contributed by atoms with Crippen LogP contribution in [0, 0.1) is 0 Å². The number of carbonyl (C=O) groups excluding carboxylic acids is 1. The van der Waals surface area contributed by atoms with E-state index in [4.69, 9.17) is 4.52 Å². The molecule has 0 atom stereocenters. The van der Waals surface area contributed by atoms with E-state index in [2.05, 4.69) is 10.5 Å². The summed E-state index contributed by atoms with van der Waals surface area (Å²) in [5.41, 5.74) is 0.476. The van der Waals surface area contributed by atoms with Crippen LogP contribution in [-0.2, 0) is 17.8 Å². The average Bonchev–Trinajstić information content (AvgIpc) is 2.61. The molecule has 0 radical (unpaired) electrons. The SMILES string of the molecule is O=C(Nc1noc2c1CNCC2)C(F)(F)F. The average molecular weight is 235 g/mol. The summed E-state index contributed by atoms with van der Waals surface area (Å²) in [6.07, 6.45) is -4.38. The van der Waals surface area contributed by atoms with Crippen LogP contribution < -0.4 is 10.6 Å². The first-order valence-corrected chi connectivity index (χ1v) is 4.55. The highest BCUT2D eigenvalue weighted by Gasteiger charge is 2.39. The topological polar surface area (TPSA) is 67.2 Å². The van der Waals surface area contributed by atoms with Crippen molar-refractivity contribution in [3.8, 4) is 0 Å². The zero-order valence-corrected chi connectivity index (χ0v) is 8.02. The second-order valence-electron chi connectivity index (χ2n) is 3.31. The fraction of sp³-hybridized carbons (Fsp3) is 0.500. The summed E-state index contributed by atoms with van der Waals surface area (Å²) >= 11 is 0. The van der Waals surface area contributed by atoms with Crippen LogP contribution in [0.4, 0.5) is 19.0 Å². The van der Waals surface area contributed by atoms with E-state index in [1.54, 1.807) is 5.32 Å². The van der Waals surface area contributed by atoms with Gasteiger partial charge < -0.3 is 9.84 Å². The molecule has 0 saturated carbocycles. The highest BCUT2D eigenvalue weighted by atomic mass is 19.4. The Kier molecular flexibility index (Phi) is 2.58. The second-order valence-corrected chi connectivity index (χ2v) is 3.31. The molecule has 1 aromatic heterocycles. The quantitative estimate of drug-likeness (QED) is 0.756. The summed E-state index contributed by atoms with van der Waals surface area (Å²) in [7, 11) is 0. The van der Waals surface area contributed by atoms with Crippen molar-refractivity contribution in [3.63, 3.8) is 0 Å². The van der Waals surface area contributed by atoms with Gasteiger partial charge in [-0.1, -0.05) is 5.16 Å². The first kappa shape index (κ1) is 10.9. The van der Waals surface area contributed by atoms with E-state index in [-0.39, 0.29) is 5.82 Å². The lowest BCUT2D eigenvalue weighted by molar-refractivity contribution is -0.167. The third kappa shape index (κ3) is 2.01. The zero-order chi connectivity index (χ0) is 11.8. The van der Waals surface area contributed by atoms with Crippen LogP contribution in [0.25, 0.3) is 0 Å². The summed E-state index contributed by atoms with van der Waals surface area (Å²) in [6.45, 7) is 1.02. The lowest BCUT2D eigenvalue weighted by Gasteiger charge is -2.11. The molecule has 2 rings (SSSR count). The van der Waals surface area contributed by atoms with Gasteiger partial charge in [0.2, 0.25) is 0 Å². The lowest BCUT2D eigenvalue weighted by atomic mass is 10.1. The molecule has 1 aliphatic rings. The van der Waals surface area contributed by atoms with Gasteiger partial charge in [0.15, 0.2) is 5.82 Å². The van der Waals surface area contributed by atoms with Crippen LogP contribution >= 0.6 is 0 Å². The molecular weight excluding hydrogens is 227 g/mol. The molecule has 1 amide bonds. The van der Waals surface area contributed by atoms with Gasteiger partial charge >= 0.3 is 12.1 Å². The minimum absolute atomic E-state index is 0.162. The fourth-order valence-electron chi connectivity index (χ4n) is 1.41. The van der Waals surface area contributed by atoms with Crippen molar-refractivity contribution in [1.29, 1.82) is 0 Å². The Morgan fingerprint density at radius 3 is 2.94 bits per heavy atom. The van der Waals surface area contributed by atoms with Gasteiger partial charge in [0.1, 0.15) is 5.76 Å². The summed E-state index contributed by atoms with van der Waals surface area (Å²) in [4.78, 5) is 10.7. The largest absolute Gasteiger partial charge is 0.471 e. The van der Waals surface area contributed by atoms with E-state index in [1.165, 1.54) is 0 Å². The molecule has 8 heteroatoms. The van der Waals surface area contributed by atoms with E-state index in [0.29, 0.717) is 30.8 Å². The first-order chi connectivity index (χ1) is 7.48. The Hall–Kier alpha value is -1.57. The molecule has 1 aliphatic heterocycles. The minimum atomic E-state index is -4.92. The molecule has 16 heavy (non-hydrogen) atoms. The molecule has 88 valence electrons. The third-order valence-electron chi connectivity index (χ3n) is 2.19. The number of carbonyl (C=O) groups is 1. The predicted octanol–water partition coefficient (Wildman–Crippen LogP) is 0.821. The molecule has 5 nitrogen and oxygen atoms in total. The number of rotatable bonds is 1. The van der Waals surface area contributed by atoms with Gasteiger partial charge in [0.05, 0.1) is 5.56 Å². The molecule has 2 heterocycles. The Bertz CT molecular complexity index is 413. The molecule has 0 aromatic carbocycles. The molecule has 0 bridgehead atoms. The van der Waals surface area contributed by atoms with Crippen molar-refractivity contribution in [3.05, 3.63) is 11.3 Å². The highest BCUT2D eigenvalue weighted by Crippen LogP contribution is 2.24. The van der Waals surface area contributed by atoms with Crippen LogP contribution in [0.15, 0.2) is 4.52 Å². The Balaban J connectivity index is 2.16. The summed E-state index contributed by atoms with van der Waals surface area (Å²) in [6, 6.07) is 0. The Morgan fingerprint density at radius 1 is 1.50 bits per heavy atom. The third-order valence-corrected chi connectivity index (χ3v) is 2.19. The maximum absolute atomic E-state index is 12.0. The maximum Gasteiger partial charge on any atom is 0.471 e. The highest BCUT2D eigenvalue weighted by molar-refractivity contribution is 5.94. The van der Waals surface area contributed by atoms with Gasteiger partial charge in [-0.2, -0.15) is 13.2 Å². The number of hydrogen-bond donors (Lipinski definition) is 2. The maximum atomic E-state index is 12.0. The predicted molar refractivity (Wildman–Crippen MR) is 46.6 cm³/mol. The van der Waals surface area contributed by atoms with Gasteiger partial charge in [-0.05, 0) is 0 Å². The minimum Gasteiger partial charge on any atom is -0.359 e. The molecule has 2 N–H and O–H groups in total. The normalized spacial score (nSPS) is 15.7.